The summed E-state index contributed by atoms with van der Waals surface area (Å²) >= 11 is 0. The maximum Gasteiger partial charge on any atom is 0.255 e. The third-order valence-corrected chi connectivity index (χ3v) is 3.26. The molecule has 0 spiro atoms. The number of halogens is 1. The minimum Gasteiger partial charge on any atom is -0.345 e. The van der Waals surface area contributed by atoms with Gasteiger partial charge in [0.05, 0.1) is 17.8 Å². The van der Waals surface area contributed by atoms with Crippen molar-refractivity contribution in [2.45, 2.75) is 26.8 Å². The first-order valence-corrected chi connectivity index (χ1v) is 6.55. The number of nitrogens with one attached hydrogen (secondary N) is 2. The Bertz CT molecular complexity index is 589. The van der Waals surface area contributed by atoms with Crippen molar-refractivity contribution in [2.24, 2.45) is 5.92 Å². The van der Waals surface area contributed by atoms with E-state index in [-0.39, 0.29) is 23.7 Å². The SMILES string of the molecule is Cc1[nH]ncc1C(=O)NC(c1ccc(F)cc1)C(C)C. The van der Waals surface area contributed by atoms with E-state index in [9.17, 15) is 9.18 Å². The minimum absolute atomic E-state index is 0.169. The van der Waals surface area contributed by atoms with Crippen LogP contribution < -0.4 is 5.32 Å². The van der Waals surface area contributed by atoms with Gasteiger partial charge >= 0.3 is 0 Å². The number of aryl methyl sites for hydroxylation is 1. The second-order valence-electron chi connectivity index (χ2n) is 5.16. The zero-order chi connectivity index (χ0) is 14.7. The van der Waals surface area contributed by atoms with Crippen LogP contribution in [0.15, 0.2) is 30.5 Å². The fourth-order valence-corrected chi connectivity index (χ4v) is 2.10. The Morgan fingerprint density at radius 3 is 2.45 bits per heavy atom. The second kappa shape index (κ2) is 5.86. The van der Waals surface area contributed by atoms with Crippen molar-refractivity contribution in [1.82, 2.24) is 15.5 Å². The van der Waals surface area contributed by atoms with E-state index in [2.05, 4.69) is 15.5 Å². The first-order chi connectivity index (χ1) is 9.49. The van der Waals surface area contributed by atoms with Crippen LogP contribution in [-0.4, -0.2) is 16.1 Å². The number of hydrogen-bond donors (Lipinski definition) is 2. The number of hydrogen-bond acceptors (Lipinski definition) is 2. The van der Waals surface area contributed by atoms with E-state index in [4.69, 9.17) is 0 Å². The van der Waals surface area contributed by atoms with Crippen LogP contribution in [0.4, 0.5) is 4.39 Å². The van der Waals surface area contributed by atoms with Gasteiger partial charge in [-0.3, -0.25) is 9.89 Å². The van der Waals surface area contributed by atoms with E-state index in [0.29, 0.717) is 5.56 Å². The molecule has 1 aromatic carbocycles. The summed E-state index contributed by atoms with van der Waals surface area (Å²) in [5.41, 5.74) is 2.14. The molecule has 106 valence electrons. The van der Waals surface area contributed by atoms with Gasteiger partial charge in [0.25, 0.3) is 5.91 Å². The first kappa shape index (κ1) is 14.2. The third-order valence-electron chi connectivity index (χ3n) is 3.26. The number of carbonyl (C=O) groups is 1. The Kier molecular flexibility index (Phi) is 4.17. The predicted octanol–water partition coefficient (Wildman–Crippen LogP) is 2.98. The quantitative estimate of drug-likeness (QED) is 0.901. The molecule has 0 saturated carbocycles. The van der Waals surface area contributed by atoms with E-state index in [1.165, 1.54) is 18.3 Å². The number of aromatic amines is 1. The number of benzene rings is 1. The van der Waals surface area contributed by atoms with Crippen LogP contribution in [0.3, 0.4) is 0 Å². The summed E-state index contributed by atoms with van der Waals surface area (Å²) in [4.78, 5) is 12.2. The standard InChI is InChI=1S/C15H18FN3O/c1-9(2)14(11-4-6-12(16)7-5-11)18-15(20)13-8-17-19-10(13)3/h4-9,14H,1-3H3,(H,17,19)(H,18,20). The summed E-state index contributed by atoms with van der Waals surface area (Å²) in [6.45, 7) is 5.82. The van der Waals surface area contributed by atoms with E-state index in [1.807, 2.05) is 13.8 Å². The van der Waals surface area contributed by atoms with Gasteiger partial charge in [-0.15, -0.1) is 0 Å². The molecule has 5 heteroatoms. The Morgan fingerprint density at radius 1 is 1.30 bits per heavy atom. The zero-order valence-electron chi connectivity index (χ0n) is 11.8. The van der Waals surface area contributed by atoms with Gasteiger partial charge in [0, 0.05) is 5.69 Å². The molecule has 0 saturated heterocycles. The molecule has 1 unspecified atom stereocenters. The van der Waals surface area contributed by atoms with Gasteiger partial charge in [-0.25, -0.2) is 4.39 Å². The maximum atomic E-state index is 13.0. The molecule has 1 amide bonds. The third kappa shape index (κ3) is 3.04. The molecule has 0 fully saturated rings. The van der Waals surface area contributed by atoms with Crippen LogP contribution in [0.5, 0.6) is 0 Å². The van der Waals surface area contributed by atoms with Crippen molar-refractivity contribution in [2.75, 3.05) is 0 Å². The minimum atomic E-state index is -0.284. The fraction of sp³-hybridized carbons (Fsp3) is 0.333. The molecule has 2 N–H and O–H groups in total. The van der Waals surface area contributed by atoms with E-state index >= 15 is 0 Å². The average molecular weight is 275 g/mol. The molecule has 20 heavy (non-hydrogen) atoms. The monoisotopic (exact) mass is 275 g/mol. The molecule has 0 radical (unpaired) electrons. The van der Waals surface area contributed by atoms with Gasteiger partial charge < -0.3 is 5.32 Å². The van der Waals surface area contributed by atoms with Crippen LogP contribution in [0, 0.1) is 18.7 Å². The van der Waals surface area contributed by atoms with Gasteiger partial charge in [0.15, 0.2) is 0 Å². The second-order valence-corrected chi connectivity index (χ2v) is 5.16. The van der Waals surface area contributed by atoms with Crippen LogP contribution in [0.25, 0.3) is 0 Å². The van der Waals surface area contributed by atoms with E-state index in [1.54, 1.807) is 19.1 Å². The maximum absolute atomic E-state index is 13.0. The number of aromatic nitrogens is 2. The average Bonchev–Trinajstić information content (AvgIpc) is 2.83. The smallest absolute Gasteiger partial charge is 0.255 e. The lowest BCUT2D eigenvalue weighted by Gasteiger charge is -2.22. The Balaban J connectivity index is 2.20. The summed E-state index contributed by atoms with van der Waals surface area (Å²) in [6.07, 6.45) is 1.51. The number of rotatable bonds is 4. The Labute approximate surface area is 117 Å². The van der Waals surface area contributed by atoms with Gasteiger partial charge in [0.1, 0.15) is 5.82 Å². The summed E-state index contributed by atoms with van der Waals surface area (Å²) in [7, 11) is 0. The number of H-pyrrole nitrogens is 1. The molecule has 1 aromatic heterocycles. The number of nitrogens with zero attached hydrogens (tertiary/aromatic N) is 1. The summed E-state index contributed by atoms with van der Waals surface area (Å²) in [5.74, 6) is -0.274. The lowest BCUT2D eigenvalue weighted by Crippen LogP contribution is -2.31. The van der Waals surface area contributed by atoms with E-state index < -0.39 is 0 Å². The summed E-state index contributed by atoms with van der Waals surface area (Å²) in [5, 5.41) is 9.56. The molecule has 1 heterocycles. The lowest BCUT2D eigenvalue weighted by molar-refractivity contribution is 0.0925. The van der Waals surface area contributed by atoms with Crippen molar-refractivity contribution in [3.63, 3.8) is 0 Å². The fourth-order valence-electron chi connectivity index (χ4n) is 2.10. The van der Waals surface area contributed by atoms with Crippen LogP contribution >= 0.6 is 0 Å². The Morgan fingerprint density at radius 2 is 1.95 bits per heavy atom. The zero-order valence-corrected chi connectivity index (χ0v) is 11.8. The van der Waals surface area contributed by atoms with Crippen LogP contribution in [-0.2, 0) is 0 Å². The lowest BCUT2D eigenvalue weighted by atomic mass is 9.95. The first-order valence-electron chi connectivity index (χ1n) is 6.55. The highest BCUT2D eigenvalue weighted by atomic mass is 19.1. The molecular weight excluding hydrogens is 257 g/mol. The van der Waals surface area contributed by atoms with Gasteiger partial charge in [0.2, 0.25) is 0 Å². The van der Waals surface area contributed by atoms with Crippen molar-refractivity contribution >= 4 is 5.91 Å². The van der Waals surface area contributed by atoms with Crippen molar-refractivity contribution in [3.05, 3.63) is 53.1 Å². The molecule has 0 aliphatic heterocycles. The number of amides is 1. The van der Waals surface area contributed by atoms with E-state index in [0.717, 1.165) is 11.3 Å². The number of carbonyl (C=O) groups excluding carboxylic acids is 1. The van der Waals surface area contributed by atoms with Gasteiger partial charge in [-0.2, -0.15) is 5.10 Å². The normalized spacial score (nSPS) is 12.4. The van der Waals surface area contributed by atoms with Gasteiger partial charge in [-0.05, 0) is 30.5 Å². The highest BCUT2D eigenvalue weighted by Crippen LogP contribution is 2.22. The molecule has 2 aromatic rings. The van der Waals surface area contributed by atoms with Crippen molar-refractivity contribution in [3.8, 4) is 0 Å². The van der Waals surface area contributed by atoms with Crippen molar-refractivity contribution < 1.29 is 9.18 Å². The molecule has 4 nitrogen and oxygen atoms in total. The van der Waals surface area contributed by atoms with Gasteiger partial charge in [-0.1, -0.05) is 26.0 Å². The molecule has 2 rings (SSSR count). The Hall–Kier alpha value is -2.17. The predicted molar refractivity (Wildman–Crippen MR) is 74.8 cm³/mol. The largest absolute Gasteiger partial charge is 0.345 e. The molecule has 0 bridgehead atoms. The van der Waals surface area contributed by atoms with Crippen molar-refractivity contribution in [1.29, 1.82) is 0 Å². The summed E-state index contributed by atoms with van der Waals surface area (Å²) < 4.78 is 13.0. The molecular formula is C15H18FN3O. The molecule has 0 aliphatic rings. The highest BCUT2D eigenvalue weighted by Gasteiger charge is 2.20. The highest BCUT2D eigenvalue weighted by molar-refractivity contribution is 5.95. The summed E-state index contributed by atoms with van der Waals surface area (Å²) in [6, 6.07) is 6.03. The van der Waals surface area contributed by atoms with Crippen LogP contribution in [0.1, 0.15) is 41.5 Å². The van der Waals surface area contributed by atoms with Crippen LogP contribution in [0.2, 0.25) is 0 Å². The molecule has 0 aliphatic carbocycles. The topological polar surface area (TPSA) is 57.8 Å². The molecule has 1 atom stereocenters.